The molecule has 0 spiro atoms. The summed E-state index contributed by atoms with van der Waals surface area (Å²) in [6.07, 6.45) is 1.80. The van der Waals surface area contributed by atoms with E-state index < -0.39 is 0 Å². The van der Waals surface area contributed by atoms with Crippen molar-refractivity contribution in [1.82, 2.24) is 10.2 Å². The molecule has 2 nitrogen and oxygen atoms in total. The van der Waals surface area contributed by atoms with Gasteiger partial charge in [-0.25, -0.2) is 0 Å². The largest absolute Gasteiger partial charge is 0.158 e. The normalized spacial score (nSPS) is 11.3. The van der Waals surface area contributed by atoms with Gasteiger partial charge in [0.05, 0.1) is 16.7 Å². The second-order valence-electron chi connectivity index (χ2n) is 3.74. The third-order valence-electron chi connectivity index (χ3n) is 2.33. The van der Waals surface area contributed by atoms with Crippen LogP contribution in [0.4, 0.5) is 0 Å². The molecule has 0 atom stereocenters. The summed E-state index contributed by atoms with van der Waals surface area (Å²) in [7, 11) is 0. The van der Waals surface area contributed by atoms with E-state index in [1.165, 1.54) is 5.56 Å². The van der Waals surface area contributed by atoms with Crippen molar-refractivity contribution in [3.05, 3.63) is 33.4 Å². The number of nitrogens with zero attached hydrogens (tertiary/aromatic N) is 2. The maximum Gasteiger partial charge on any atom is 0.0944 e. The zero-order valence-electron chi connectivity index (χ0n) is 8.46. The fourth-order valence-corrected chi connectivity index (χ4v) is 2.03. The van der Waals surface area contributed by atoms with Crippen LogP contribution in [0.15, 0.2) is 22.8 Å². The van der Waals surface area contributed by atoms with Gasteiger partial charge >= 0.3 is 0 Å². The van der Waals surface area contributed by atoms with Crippen LogP contribution in [0.3, 0.4) is 0 Å². The molecule has 1 aromatic carbocycles. The Morgan fingerprint density at radius 1 is 1.33 bits per heavy atom. The Morgan fingerprint density at radius 3 is 2.73 bits per heavy atom. The zero-order chi connectivity index (χ0) is 11.0. The highest BCUT2D eigenvalue weighted by Crippen LogP contribution is 2.30. The number of aromatic nitrogens is 2. The molecule has 0 aliphatic heterocycles. The van der Waals surface area contributed by atoms with E-state index in [1.807, 2.05) is 12.1 Å². The second kappa shape index (κ2) is 4.06. The van der Waals surface area contributed by atoms with Crippen molar-refractivity contribution < 1.29 is 0 Å². The van der Waals surface area contributed by atoms with Gasteiger partial charge in [-0.1, -0.05) is 25.4 Å². The lowest BCUT2D eigenvalue weighted by Crippen LogP contribution is -1.94. The number of hydrogen-bond acceptors (Lipinski definition) is 2. The summed E-state index contributed by atoms with van der Waals surface area (Å²) in [4.78, 5) is 0. The van der Waals surface area contributed by atoms with Crippen LogP contribution in [0.2, 0.25) is 5.02 Å². The maximum atomic E-state index is 6.07. The highest BCUT2D eigenvalue weighted by molar-refractivity contribution is 9.10. The minimum atomic E-state index is 0.417. The van der Waals surface area contributed by atoms with Gasteiger partial charge in [0.15, 0.2) is 0 Å². The zero-order valence-corrected chi connectivity index (χ0v) is 10.8. The van der Waals surface area contributed by atoms with Crippen LogP contribution in [-0.4, -0.2) is 10.2 Å². The summed E-state index contributed by atoms with van der Waals surface area (Å²) in [6.45, 7) is 4.26. The second-order valence-corrected chi connectivity index (χ2v) is 5.00. The molecule has 0 amide bonds. The van der Waals surface area contributed by atoms with Crippen molar-refractivity contribution in [1.29, 1.82) is 0 Å². The molecule has 2 aromatic rings. The van der Waals surface area contributed by atoms with E-state index in [0.717, 1.165) is 15.4 Å². The standard InChI is InChI=1S/C11H10BrClN2/c1-6(2)8-5-14-15-11-4-9(12)10(13)3-7(8)11/h3-6H,1-2H3. The molecule has 15 heavy (non-hydrogen) atoms. The van der Waals surface area contributed by atoms with E-state index in [1.54, 1.807) is 6.20 Å². The molecule has 78 valence electrons. The minimum Gasteiger partial charge on any atom is -0.158 e. The quantitative estimate of drug-likeness (QED) is 0.786. The van der Waals surface area contributed by atoms with E-state index in [4.69, 9.17) is 11.6 Å². The first-order valence-corrected chi connectivity index (χ1v) is 5.87. The van der Waals surface area contributed by atoms with E-state index in [9.17, 15) is 0 Å². The first kappa shape index (κ1) is 10.8. The molecular weight excluding hydrogens is 275 g/mol. The number of halogens is 2. The van der Waals surface area contributed by atoms with Crippen LogP contribution in [0.5, 0.6) is 0 Å². The number of hydrogen-bond donors (Lipinski definition) is 0. The van der Waals surface area contributed by atoms with Crippen molar-refractivity contribution in [2.24, 2.45) is 0 Å². The van der Waals surface area contributed by atoms with Crippen LogP contribution in [0, 0.1) is 0 Å². The van der Waals surface area contributed by atoms with Gasteiger partial charge in [-0.2, -0.15) is 10.2 Å². The molecular formula is C11H10BrClN2. The summed E-state index contributed by atoms with van der Waals surface area (Å²) >= 11 is 9.45. The number of rotatable bonds is 1. The van der Waals surface area contributed by atoms with Gasteiger partial charge in [-0.15, -0.1) is 0 Å². The van der Waals surface area contributed by atoms with Crippen molar-refractivity contribution in [3.8, 4) is 0 Å². The van der Waals surface area contributed by atoms with Gasteiger partial charge in [0, 0.05) is 9.86 Å². The van der Waals surface area contributed by atoms with E-state index in [0.29, 0.717) is 10.9 Å². The molecule has 0 aliphatic carbocycles. The summed E-state index contributed by atoms with van der Waals surface area (Å²) < 4.78 is 0.854. The average molecular weight is 286 g/mol. The highest BCUT2D eigenvalue weighted by atomic mass is 79.9. The molecule has 0 radical (unpaired) electrons. The van der Waals surface area contributed by atoms with Crippen molar-refractivity contribution in [2.75, 3.05) is 0 Å². The van der Waals surface area contributed by atoms with Crippen LogP contribution in [0.25, 0.3) is 10.9 Å². The van der Waals surface area contributed by atoms with Gasteiger partial charge in [0.1, 0.15) is 0 Å². The van der Waals surface area contributed by atoms with E-state index in [-0.39, 0.29) is 0 Å². The SMILES string of the molecule is CC(C)c1cnnc2cc(Br)c(Cl)cc12. The van der Waals surface area contributed by atoms with Gasteiger partial charge < -0.3 is 0 Å². The van der Waals surface area contributed by atoms with E-state index >= 15 is 0 Å². The Labute approximate surface area is 102 Å². The van der Waals surface area contributed by atoms with Gasteiger partial charge in [-0.3, -0.25) is 0 Å². The van der Waals surface area contributed by atoms with Gasteiger partial charge in [0.2, 0.25) is 0 Å². The lowest BCUT2D eigenvalue weighted by molar-refractivity contribution is 0.858. The predicted molar refractivity (Wildman–Crippen MR) is 66.3 cm³/mol. The Morgan fingerprint density at radius 2 is 2.07 bits per heavy atom. The molecule has 0 unspecified atom stereocenters. The number of benzene rings is 1. The highest BCUT2D eigenvalue weighted by Gasteiger charge is 2.09. The maximum absolute atomic E-state index is 6.07. The van der Waals surface area contributed by atoms with Crippen LogP contribution in [0.1, 0.15) is 25.3 Å². The molecule has 1 heterocycles. The molecule has 0 saturated heterocycles. The summed E-state index contributed by atoms with van der Waals surface area (Å²) in [5.74, 6) is 0.417. The number of fused-ring (bicyclic) bond motifs is 1. The minimum absolute atomic E-state index is 0.417. The molecule has 0 aliphatic rings. The molecule has 4 heteroatoms. The first-order chi connectivity index (χ1) is 7.09. The van der Waals surface area contributed by atoms with E-state index in [2.05, 4.69) is 40.0 Å². The Kier molecular flexibility index (Phi) is 2.94. The van der Waals surface area contributed by atoms with Crippen molar-refractivity contribution >= 4 is 38.4 Å². The van der Waals surface area contributed by atoms with Gasteiger partial charge in [0.25, 0.3) is 0 Å². The third kappa shape index (κ3) is 1.99. The van der Waals surface area contributed by atoms with Crippen LogP contribution >= 0.6 is 27.5 Å². The van der Waals surface area contributed by atoms with Crippen molar-refractivity contribution in [3.63, 3.8) is 0 Å². The summed E-state index contributed by atoms with van der Waals surface area (Å²) in [5, 5.41) is 9.86. The summed E-state index contributed by atoms with van der Waals surface area (Å²) in [6, 6.07) is 3.83. The van der Waals surface area contributed by atoms with Crippen molar-refractivity contribution in [2.45, 2.75) is 19.8 Å². The topological polar surface area (TPSA) is 25.8 Å². The van der Waals surface area contributed by atoms with Gasteiger partial charge in [-0.05, 0) is 39.5 Å². The summed E-state index contributed by atoms with van der Waals surface area (Å²) in [5.41, 5.74) is 2.05. The first-order valence-electron chi connectivity index (χ1n) is 4.70. The predicted octanol–water partition coefficient (Wildman–Crippen LogP) is 4.17. The van der Waals surface area contributed by atoms with Crippen LogP contribution in [-0.2, 0) is 0 Å². The molecule has 0 bridgehead atoms. The average Bonchev–Trinajstić information content (AvgIpc) is 2.18. The molecule has 1 aromatic heterocycles. The fraction of sp³-hybridized carbons (Fsp3) is 0.273. The molecule has 0 saturated carbocycles. The Balaban J connectivity index is 2.80. The fourth-order valence-electron chi connectivity index (χ4n) is 1.53. The lowest BCUT2D eigenvalue weighted by Gasteiger charge is -2.09. The Bertz CT molecular complexity index is 511. The monoisotopic (exact) mass is 284 g/mol. The lowest BCUT2D eigenvalue weighted by atomic mass is 10.0. The van der Waals surface area contributed by atoms with Crippen LogP contribution < -0.4 is 0 Å². The third-order valence-corrected chi connectivity index (χ3v) is 3.53. The molecule has 0 N–H and O–H groups in total. The molecule has 2 rings (SSSR count). The Hall–Kier alpha value is -0.670. The smallest absolute Gasteiger partial charge is 0.0944 e. The molecule has 0 fully saturated rings.